The number of hydrogen-bond donors (Lipinski definition) is 1. The molecule has 0 saturated heterocycles. The van der Waals surface area contributed by atoms with Gasteiger partial charge in [0, 0.05) is 22.8 Å². The molecule has 0 radical (unpaired) electrons. The molecule has 0 aromatic heterocycles. The zero-order valence-electron chi connectivity index (χ0n) is 12.3. The molecule has 1 unspecified atom stereocenters. The van der Waals surface area contributed by atoms with Gasteiger partial charge in [0.2, 0.25) is 0 Å². The van der Waals surface area contributed by atoms with E-state index in [1.165, 1.54) is 5.56 Å². The van der Waals surface area contributed by atoms with Crippen molar-refractivity contribution in [1.82, 2.24) is 0 Å². The summed E-state index contributed by atoms with van der Waals surface area (Å²) in [4.78, 5) is 2.18. The van der Waals surface area contributed by atoms with Crippen molar-refractivity contribution in [3.05, 3.63) is 63.6 Å². The first-order valence-electron chi connectivity index (χ1n) is 6.99. The van der Waals surface area contributed by atoms with E-state index in [1.54, 1.807) is 0 Å². The number of halogens is 2. The Balaban J connectivity index is 2.23. The Hall–Kier alpha value is -1.22. The van der Waals surface area contributed by atoms with Gasteiger partial charge in [-0.2, -0.15) is 0 Å². The zero-order chi connectivity index (χ0) is 15.4. The van der Waals surface area contributed by atoms with Crippen LogP contribution in [0.3, 0.4) is 0 Å². The molecule has 21 heavy (non-hydrogen) atoms. The molecular formula is C17H20Cl2N2. The summed E-state index contributed by atoms with van der Waals surface area (Å²) in [6.07, 6.45) is 0.798. The lowest BCUT2D eigenvalue weighted by molar-refractivity contribution is 0.739. The zero-order valence-corrected chi connectivity index (χ0v) is 13.8. The van der Waals surface area contributed by atoms with Gasteiger partial charge < -0.3 is 10.6 Å². The molecule has 2 nitrogen and oxygen atoms in total. The minimum absolute atomic E-state index is 0.208. The number of benzene rings is 2. The monoisotopic (exact) mass is 322 g/mol. The molecule has 2 aromatic rings. The number of nitrogens with two attached hydrogens (primary N) is 1. The third kappa shape index (κ3) is 3.91. The van der Waals surface area contributed by atoms with Crippen molar-refractivity contribution >= 4 is 28.9 Å². The van der Waals surface area contributed by atoms with Crippen molar-refractivity contribution in [1.29, 1.82) is 0 Å². The maximum Gasteiger partial charge on any atom is 0.0511 e. The Morgan fingerprint density at radius 3 is 2.52 bits per heavy atom. The number of rotatable bonds is 5. The van der Waals surface area contributed by atoms with Crippen molar-refractivity contribution in [2.45, 2.75) is 19.4 Å². The minimum atomic E-state index is 0.208. The van der Waals surface area contributed by atoms with E-state index in [4.69, 9.17) is 28.9 Å². The second kappa shape index (κ2) is 7.17. The van der Waals surface area contributed by atoms with Crippen molar-refractivity contribution in [2.75, 3.05) is 18.5 Å². The van der Waals surface area contributed by atoms with Crippen LogP contribution in [0.15, 0.2) is 42.5 Å². The van der Waals surface area contributed by atoms with E-state index in [0.29, 0.717) is 6.54 Å². The largest absolute Gasteiger partial charge is 0.368 e. The fraction of sp³-hybridized carbons (Fsp3) is 0.294. The predicted octanol–water partition coefficient (Wildman–Crippen LogP) is 4.69. The first-order valence-corrected chi connectivity index (χ1v) is 7.75. The lowest BCUT2D eigenvalue weighted by atomic mass is 10.1. The molecule has 0 aliphatic heterocycles. The van der Waals surface area contributed by atoms with E-state index in [-0.39, 0.29) is 6.04 Å². The van der Waals surface area contributed by atoms with E-state index in [2.05, 4.69) is 31.0 Å². The molecule has 0 spiro atoms. The van der Waals surface area contributed by atoms with E-state index < -0.39 is 0 Å². The van der Waals surface area contributed by atoms with Gasteiger partial charge in [0.1, 0.15) is 0 Å². The SMILES string of the molecule is CC(c1cccc(Cl)c1)N(C)c1ccc(CCN)c(Cl)c1. The summed E-state index contributed by atoms with van der Waals surface area (Å²) in [6.45, 7) is 2.75. The van der Waals surface area contributed by atoms with Gasteiger partial charge >= 0.3 is 0 Å². The molecule has 0 aliphatic carbocycles. The normalized spacial score (nSPS) is 12.2. The van der Waals surface area contributed by atoms with Crippen molar-refractivity contribution in [3.8, 4) is 0 Å². The molecular weight excluding hydrogens is 303 g/mol. The Morgan fingerprint density at radius 1 is 1.14 bits per heavy atom. The molecule has 0 amide bonds. The van der Waals surface area contributed by atoms with E-state index in [0.717, 1.165) is 27.7 Å². The molecule has 0 heterocycles. The molecule has 0 bridgehead atoms. The first kappa shape index (κ1) is 16.2. The van der Waals surface area contributed by atoms with Gasteiger partial charge in [-0.3, -0.25) is 0 Å². The molecule has 2 N–H and O–H groups in total. The average molecular weight is 323 g/mol. The predicted molar refractivity (Wildman–Crippen MR) is 92.5 cm³/mol. The van der Waals surface area contributed by atoms with Crippen molar-refractivity contribution in [3.63, 3.8) is 0 Å². The molecule has 0 fully saturated rings. The second-order valence-corrected chi connectivity index (χ2v) is 6.00. The highest BCUT2D eigenvalue weighted by Crippen LogP contribution is 2.30. The van der Waals surface area contributed by atoms with Gasteiger partial charge in [0.25, 0.3) is 0 Å². The highest BCUT2D eigenvalue weighted by Gasteiger charge is 2.13. The van der Waals surface area contributed by atoms with Crippen LogP contribution in [0.1, 0.15) is 24.1 Å². The van der Waals surface area contributed by atoms with Crippen LogP contribution >= 0.6 is 23.2 Å². The van der Waals surface area contributed by atoms with Crippen molar-refractivity contribution in [2.24, 2.45) is 5.73 Å². The van der Waals surface area contributed by atoms with Gasteiger partial charge in [0.15, 0.2) is 0 Å². The maximum atomic E-state index is 6.32. The third-order valence-corrected chi connectivity index (χ3v) is 4.36. The van der Waals surface area contributed by atoms with Crippen LogP contribution < -0.4 is 10.6 Å². The summed E-state index contributed by atoms with van der Waals surface area (Å²) in [6, 6.07) is 14.3. The quantitative estimate of drug-likeness (QED) is 0.865. The summed E-state index contributed by atoms with van der Waals surface area (Å²) in [7, 11) is 2.06. The van der Waals surface area contributed by atoms with Crippen LogP contribution in [0.5, 0.6) is 0 Å². The molecule has 2 aromatic carbocycles. The van der Waals surface area contributed by atoms with Crippen LogP contribution in [0.2, 0.25) is 10.0 Å². The molecule has 2 rings (SSSR count). The van der Waals surface area contributed by atoms with Crippen LogP contribution in [0, 0.1) is 0 Å². The van der Waals surface area contributed by atoms with Crippen LogP contribution in [0.25, 0.3) is 0 Å². The molecule has 4 heteroatoms. The van der Waals surface area contributed by atoms with E-state index in [1.807, 2.05) is 30.3 Å². The van der Waals surface area contributed by atoms with Gasteiger partial charge in [-0.1, -0.05) is 41.4 Å². The highest BCUT2D eigenvalue weighted by molar-refractivity contribution is 6.31. The number of anilines is 1. The van der Waals surface area contributed by atoms with Gasteiger partial charge in [-0.25, -0.2) is 0 Å². The number of nitrogens with zero attached hydrogens (tertiary/aromatic N) is 1. The summed E-state index contributed by atoms with van der Waals surface area (Å²) in [5.41, 5.74) is 8.92. The molecule has 0 aliphatic rings. The van der Waals surface area contributed by atoms with Gasteiger partial charge in [0.05, 0.1) is 6.04 Å². The Kier molecular flexibility index (Phi) is 5.51. The number of hydrogen-bond acceptors (Lipinski definition) is 2. The van der Waals surface area contributed by atoms with E-state index in [9.17, 15) is 0 Å². The second-order valence-electron chi connectivity index (χ2n) is 5.16. The summed E-state index contributed by atoms with van der Waals surface area (Å²) >= 11 is 12.4. The summed E-state index contributed by atoms with van der Waals surface area (Å²) in [5, 5.41) is 1.52. The highest BCUT2D eigenvalue weighted by atomic mass is 35.5. The van der Waals surface area contributed by atoms with Crippen molar-refractivity contribution < 1.29 is 0 Å². The van der Waals surface area contributed by atoms with Gasteiger partial charge in [-0.15, -0.1) is 0 Å². The lowest BCUT2D eigenvalue weighted by Crippen LogP contribution is -2.21. The Bertz CT molecular complexity index is 613. The topological polar surface area (TPSA) is 29.3 Å². The van der Waals surface area contributed by atoms with Gasteiger partial charge in [-0.05, 0) is 55.3 Å². The van der Waals surface area contributed by atoms with Crippen LogP contribution in [0.4, 0.5) is 5.69 Å². The lowest BCUT2D eigenvalue weighted by Gasteiger charge is -2.28. The molecule has 0 saturated carbocycles. The Morgan fingerprint density at radius 2 is 1.90 bits per heavy atom. The minimum Gasteiger partial charge on any atom is -0.368 e. The van der Waals surface area contributed by atoms with E-state index >= 15 is 0 Å². The van der Waals surface area contributed by atoms with Crippen LogP contribution in [-0.4, -0.2) is 13.6 Å². The fourth-order valence-electron chi connectivity index (χ4n) is 2.33. The Labute approximate surface area is 136 Å². The maximum absolute atomic E-state index is 6.32. The third-order valence-electron chi connectivity index (χ3n) is 3.77. The average Bonchev–Trinajstić information content (AvgIpc) is 2.48. The molecule has 112 valence electrons. The summed E-state index contributed by atoms with van der Waals surface area (Å²) < 4.78 is 0. The standard InChI is InChI=1S/C17H20Cl2N2/c1-12(14-4-3-5-15(18)10-14)21(2)16-7-6-13(8-9-20)17(19)11-16/h3-7,10-12H,8-9,20H2,1-2H3. The van der Waals surface area contributed by atoms with Crippen LogP contribution in [-0.2, 0) is 6.42 Å². The smallest absolute Gasteiger partial charge is 0.0511 e. The summed E-state index contributed by atoms with van der Waals surface area (Å²) in [5.74, 6) is 0. The first-order chi connectivity index (χ1) is 10.0. The molecule has 1 atom stereocenters. The fourth-order valence-corrected chi connectivity index (χ4v) is 2.80.